The van der Waals surface area contributed by atoms with Crippen molar-refractivity contribution in [3.05, 3.63) is 83.2 Å². The predicted molar refractivity (Wildman–Crippen MR) is 129 cm³/mol. The van der Waals surface area contributed by atoms with Crippen LogP contribution >= 0.6 is 11.8 Å². The Kier molecular flexibility index (Phi) is 6.99. The van der Waals surface area contributed by atoms with Crippen molar-refractivity contribution in [1.29, 1.82) is 0 Å². The molecular weight excluding hydrogens is 436 g/mol. The van der Waals surface area contributed by atoms with Gasteiger partial charge in [-0.1, -0.05) is 41.6 Å². The molecule has 0 atom stereocenters. The van der Waals surface area contributed by atoms with Crippen LogP contribution in [0.25, 0.3) is 5.65 Å². The van der Waals surface area contributed by atoms with Gasteiger partial charge in [-0.3, -0.25) is 9.59 Å². The number of hydrogen-bond donors (Lipinski definition) is 2. The van der Waals surface area contributed by atoms with Crippen molar-refractivity contribution in [1.82, 2.24) is 25.1 Å². The average molecular weight is 461 g/mol. The van der Waals surface area contributed by atoms with Crippen LogP contribution in [0.2, 0.25) is 0 Å². The van der Waals surface area contributed by atoms with Crippen LogP contribution < -0.4 is 10.6 Å². The highest BCUT2D eigenvalue weighted by Crippen LogP contribution is 2.17. The van der Waals surface area contributed by atoms with E-state index in [4.69, 9.17) is 0 Å². The zero-order valence-electron chi connectivity index (χ0n) is 18.4. The number of nitrogens with zero attached hydrogens (tertiary/aromatic N) is 4. The fraction of sp³-hybridized carbons (Fsp3) is 0.208. The Morgan fingerprint density at radius 1 is 0.970 bits per heavy atom. The summed E-state index contributed by atoms with van der Waals surface area (Å²) in [6, 6.07) is 18.7. The highest BCUT2D eigenvalue weighted by molar-refractivity contribution is 7.99. The second-order valence-corrected chi connectivity index (χ2v) is 8.63. The third-order valence-corrected chi connectivity index (χ3v) is 5.82. The Morgan fingerprint density at radius 3 is 2.58 bits per heavy atom. The number of rotatable bonds is 8. The lowest BCUT2D eigenvalue weighted by Gasteiger charge is -2.07. The minimum absolute atomic E-state index is 0.102. The number of carbonyl (C=O) groups excluding carboxylic acids is 2. The van der Waals surface area contributed by atoms with Gasteiger partial charge in [0.15, 0.2) is 11.5 Å². The van der Waals surface area contributed by atoms with Crippen LogP contribution in [-0.4, -0.2) is 43.9 Å². The number of aromatic nitrogens is 4. The third kappa shape index (κ3) is 5.95. The molecule has 0 aliphatic carbocycles. The van der Waals surface area contributed by atoms with Gasteiger partial charge < -0.3 is 10.6 Å². The van der Waals surface area contributed by atoms with Crippen molar-refractivity contribution in [2.75, 3.05) is 17.6 Å². The topological polar surface area (TPSA) is 101 Å². The molecular formula is C24H24N6O2S. The maximum absolute atomic E-state index is 12.3. The smallest absolute Gasteiger partial charge is 0.251 e. The quantitative estimate of drug-likeness (QED) is 0.391. The highest BCUT2D eigenvalue weighted by atomic mass is 32.2. The maximum atomic E-state index is 12.3. The van der Waals surface area contributed by atoms with E-state index in [1.165, 1.54) is 11.8 Å². The van der Waals surface area contributed by atoms with Gasteiger partial charge in [0.05, 0.1) is 5.75 Å². The van der Waals surface area contributed by atoms with Crippen LogP contribution in [0, 0.1) is 13.8 Å². The van der Waals surface area contributed by atoms with Gasteiger partial charge >= 0.3 is 0 Å². The minimum atomic E-state index is -0.132. The van der Waals surface area contributed by atoms with Gasteiger partial charge in [-0.05, 0) is 55.8 Å². The van der Waals surface area contributed by atoms with Crippen LogP contribution in [-0.2, 0) is 11.2 Å². The molecule has 4 aromatic rings. The zero-order chi connectivity index (χ0) is 23.2. The molecule has 0 unspecified atom stereocenters. The summed E-state index contributed by atoms with van der Waals surface area (Å²) in [5.74, 6) is 0.639. The molecule has 0 aliphatic rings. The monoisotopic (exact) mass is 460 g/mol. The number of anilines is 1. The molecule has 9 heteroatoms. The SMILES string of the molecule is Cc1ccc(C(=O)NCCc2nnc3ccc(SCC(=O)Nc4cccc(C)c4)nn23)cc1. The summed E-state index contributed by atoms with van der Waals surface area (Å²) in [5, 5.41) is 19.4. The average Bonchev–Trinajstić information content (AvgIpc) is 3.20. The summed E-state index contributed by atoms with van der Waals surface area (Å²) in [7, 11) is 0. The standard InChI is InChI=1S/C24H24N6O2S/c1-16-6-8-18(9-7-16)24(32)25-13-12-21-28-27-20-10-11-23(29-30(20)21)33-15-22(31)26-19-5-3-4-17(2)14-19/h3-11,14H,12-13,15H2,1-2H3,(H,25,32)(H,26,31). The van der Waals surface area contributed by atoms with Gasteiger partial charge in [-0.15, -0.1) is 10.2 Å². The number of aryl methyl sites for hydroxylation is 2. The van der Waals surface area contributed by atoms with Crippen LogP contribution in [0.4, 0.5) is 5.69 Å². The first-order valence-corrected chi connectivity index (χ1v) is 11.5. The summed E-state index contributed by atoms with van der Waals surface area (Å²) >= 11 is 1.34. The number of amides is 2. The number of nitrogens with one attached hydrogen (secondary N) is 2. The van der Waals surface area contributed by atoms with Crippen LogP contribution in [0.1, 0.15) is 27.3 Å². The van der Waals surface area contributed by atoms with Crippen molar-refractivity contribution >= 4 is 34.9 Å². The Hall–Kier alpha value is -3.72. The molecule has 0 aliphatic heterocycles. The molecule has 2 aromatic carbocycles. The summed E-state index contributed by atoms with van der Waals surface area (Å²) in [6.45, 7) is 4.37. The fourth-order valence-corrected chi connectivity index (χ4v) is 3.86. The predicted octanol–water partition coefficient (Wildman–Crippen LogP) is 3.44. The summed E-state index contributed by atoms with van der Waals surface area (Å²) < 4.78 is 1.65. The largest absolute Gasteiger partial charge is 0.352 e. The van der Waals surface area contributed by atoms with Gasteiger partial charge in [0.1, 0.15) is 5.03 Å². The van der Waals surface area contributed by atoms with E-state index < -0.39 is 0 Å². The molecule has 4 rings (SSSR count). The molecule has 2 amide bonds. The van der Waals surface area contributed by atoms with E-state index >= 15 is 0 Å². The van der Waals surface area contributed by atoms with E-state index in [1.54, 1.807) is 16.6 Å². The molecule has 0 spiro atoms. The molecule has 0 fully saturated rings. The van der Waals surface area contributed by atoms with Gasteiger partial charge in [0.25, 0.3) is 5.91 Å². The molecule has 0 saturated carbocycles. The van der Waals surface area contributed by atoms with Crippen molar-refractivity contribution in [2.24, 2.45) is 0 Å². The number of fused-ring (bicyclic) bond motifs is 1. The van der Waals surface area contributed by atoms with Gasteiger partial charge in [-0.25, -0.2) is 0 Å². The Morgan fingerprint density at radius 2 is 1.79 bits per heavy atom. The molecule has 0 radical (unpaired) electrons. The van der Waals surface area contributed by atoms with E-state index in [0.717, 1.165) is 16.8 Å². The third-order valence-electron chi connectivity index (χ3n) is 4.90. The summed E-state index contributed by atoms with van der Waals surface area (Å²) in [6.07, 6.45) is 0.480. The lowest BCUT2D eigenvalue weighted by molar-refractivity contribution is -0.113. The Balaban J connectivity index is 1.33. The van der Waals surface area contributed by atoms with Gasteiger partial charge in [0.2, 0.25) is 5.91 Å². The van der Waals surface area contributed by atoms with Crippen molar-refractivity contribution in [3.63, 3.8) is 0 Å². The molecule has 2 aromatic heterocycles. The minimum Gasteiger partial charge on any atom is -0.352 e. The Labute approximate surface area is 195 Å². The maximum Gasteiger partial charge on any atom is 0.251 e. The van der Waals surface area contributed by atoms with E-state index in [9.17, 15) is 9.59 Å². The molecule has 8 nitrogen and oxygen atoms in total. The molecule has 33 heavy (non-hydrogen) atoms. The molecule has 0 saturated heterocycles. The second kappa shape index (κ2) is 10.3. The number of benzene rings is 2. The van der Waals surface area contributed by atoms with Crippen molar-refractivity contribution in [3.8, 4) is 0 Å². The first-order valence-electron chi connectivity index (χ1n) is 10.5. The second-order valence-electron chi connectivity index (χ2n) is 7.64. The lowest BCUT2D eigenvalue weighted by Crippen LogP contribution is -2.26. The van der Waals surface area contributed by atoms with Crippen LogP contribution in [0.3, 0.4) is 0 Å². The van der Waals surface area contributed by atoms with Gasteiger partial charge in [-0.2, -0.15) is 9.61 Å². The fourth-order valence-electron chi connectivity index (χ4n) is 3.20. The van der Waals surface area contributed by atoms with E-state index in [1.807, 2.05) is 62.4 Å². The molecule has 2 heterocycles. The van der Waals surface area contributed by atoms with E-state index in [-0.39, 0.29) is 17.6 Å². The normalized spacial score (nSPS) is 10.8. The summed E-state index contributed by atoms with van der Waals surface area (Å²) in [4.78, 5) is 24.6. The molecule has 2 N–H and O–H groups in total. The van der Waals surface area contributed by atoms with E-state index in [0.29, 0.717) is 35.0 Å². The molecule has 168 valence electrons. The number of carbonyl (C=O) groups is 2. The summed E-state index contributed by atoms with van der Waals surface area (Å²) in [5.41, 5.74) is 4.20. The first kappa shape index (κ1) is 22.5. The first-order chi connectivity index (χ1) is 16.0. The van der Waals surface area contributed by atoms with Crippen molar-refractivity contribution in [2.45, 2.75) is 25.3 Å². The number of hydrogen-bond acceptors (Lipinski definition) is 6. The van der Waals surface area contributed by atoms with Gasteiger partial charge in [0, 0.05) is 24.2 Å². The van der Waals surface area contributed by atoms with Crippen molar-refractivity contribution < 1.29 is 9.59 Å². The lowest BCUT2D eigenvalue weighted by atomic mass is 10.1. The molecule has 0 bridgehead atoms. The zero-order valence-corrected chi connectivity index (χ0v) is 19.2. The number of thioether (sulfide) groups is 1. The van der Waals surface area contributed by atoms with Crippen LogP contribution in [0.15, 0.2) is 65.7 Å². The highest BCUT2D eigenvalue weighted by Gasteiger charge is 2.11. The van der Waals surface area contributed by atoms with E-state index in [2.05, 4.69) is 25.9 Å². The Bertz CT molecular complexity index is 1290. The van der Waals surface area contributed by atoms with Crippen LogP contribution in [0.5, 0.6) is 0 Å².